The average molecular weight is 446 g/mol. The van der Waals surface area contributed by atoms with Crippen LogP contribution in [0.5, 0.6) is 5.75 Å². The fourth-order valence-corrected chi connectivity index (χ4v) is 4.28. The third-order valence-electron chi connectivity index (χ3n) is 6.05. The van der Waals surface area contributed by atoms with Crippen molar-refractivity contribution in [2.24, 2.45) is 0 Å². The SMILES string of the molecule is Cc1ccc2oc3cc(OCC(O)CN4CCN(c5ccccn5)CC4)ccc3c(=O)c2c1. The van der Waals surface area contributed by atoms with Crippen molar-refractivity contribution in [3.63, 3.8) is 0 Å². The smallest absolute Gasteiger partial charge is 0.200 e. The molecule has 1 aliphatic rings. The van der Waals surface area contributed by atoms with Gasteiger partial charge >= 0.3 is 0 Å². The first kappa shape index (κ1) is 21.4. The lowest BCUT2D eigenvalue weighted by molar-refractivity contribution is 0.0663. The maximum atomic E-state index is 12.8. The number of benzene rings is 2. The molecule has 7 nitrogen and oxygen atoms in total. The number of hydrogen-bond donors (Lipinski definition) is 1. The minimum absolute atomic E-state index is 0.0496. The second-order valence-corrected chi connectivity index (χ2v) is 8.53. The van der Waals surface area contributed by atoms with Gasteiger partial charge in [-0.25, -0.2) is 4.98 Å². The minimum Gasteiger partial charge on any atom is -0.491 e. The molecule has 0 amide bonds. The number of aryl methyl sites for hydroxylation is 1. The van der Waals surface area contributed by atoms with E-state index in [0.717, 1.165) is 37.6 Å². The zero-order valence-corrected chi connectivity index (χ0v) is 18.6. The third-order valence-corrected chi connectivity index (χ3v) is 6.05. The minimum atomic E-state index is -0.617. The molecule has 0 radical (unpaired) electrons. The van der Waals surface area contributed by atoms with E-state index < -0.39 is 6.10 Å². The lowest BCUT2D eigenvalue weighted by Gasteiger charge is -2.36. The van der Waals surface area contributed by atoms with Crippen molar-refractivity contribution in [3.8, 4) is 5.75 Å². The Kier molecular flexibility index (Phi) is 5.98. The maximum absolute atomic E-state index is 12.8. The van der Waals surface area contributed by atoms with Gasteiger partial charge in [-0.3, -0.25) is 9.69 Å². The number of fused-ring (bicyclic) bond motifs is 2. The van der Waals surface area contributed by atoms with Crippen LogP contribution >= 0.6 is 0 Å². The van der Waals surface area contributed by atoms with Crippen molar-refractivity contribution in [2.45, 2.75) is 13.0 Å². The summed E-state index contributed by atoms with van der Waals surface area (Å²) in [6.45, 7) is 6.14. The molecule has 0 spiro atoms. The number of anilines is 1. The van der Waals surface area contributed by atoms with Crippen LogP contribution in [-0.2, 0) is 0 Å². The molecular weight excluding hydrogens is 418 g/mol. The molecule has 2 aromatic heterocycles. The first-order chi connectivity index (χ1) is 16.1. The van der Waals surface area contributed by atoms with E-state index in [1.807, 2.05) is 49.5 Å². The van der Waals surface area contributed by atoms with Gasteiger partial charge in [-0.1, -0.05) is 17.7 Å². The highest BCUT2D eigenvalue weighted by Gasteiger charge is 2.20. The number of aliphatic hydroxyl groups excluding tert-OH is 1. The zero-order chi connectivity index (χ0) is 22.8. The summed E-state index contributed by atoms with van der Waals surface area (Å²) in [7, 11) is 0. The van der Waals surface area contributed by atoms with Crippen LogP contribution in [0.3, 0.4) is 0 Å². The Morgan fingerprint density at radius 3 is 2.67 bits per heavy atom. The van der Waals surface area contributed by atoms with Crippen LogP contribution in [0.15, 0.2) is 70.0 Å². The molecule has 3 heterocycles. The lowest BCUT2D eigenvalue weighted by Crippen LogP contribution is -2.49. The first-order valence-electron chi connectivity index (χ1n) is 11.2. The van der Waals surface area contributed by atoms with Crippen molar-refractivity contribution in [3.05, 3.63) is 76.6 Å². The van der Waals surface area contributed by atoms with E-state index in [4.69, 9.17) is 9.15 Å². The van der Waals surface area contributed by atoms with Gasteiger partial charge in [-0.05, 0) is 43.3 Å². The summed E-state index contributed by atoms with van der Waals surface area (Å²) in [4.78, 5) is 21.7. The van der Waals surface area contributed by atoms with Crippen LogP contribution in [0.25, 0.3) is 21.9 Å². The van der Waals surface area contributed by atoms with Gasteiger partial charge in [-0.2, -0.15) is 0 Å². The summed E-state index contributed by atoms with van der Waals surface area (Å²) >= 11 is 0. The molecule has 1 aliphatic heterocycles. The molecule has 1 unspecified atom stereocenters. The molecule has 1 N–H and O–H groups in total. The molecule has 2 aromatic carbocycles. The van der Waals surface area contributed by atoms with Crippen LogP contribution in [0.1, 0.15) is 5.56 Å². The molecule has 4 aromatic rings. The molecular formula is C26H27N3O4. The zero-order valence-electron chi connectivity index (χ0n) is 18.6. The summed E-state index contributed by atoms with van der Waals surface area (Å²) in [5.41, 5.74) is 2.00. The van der Waals surface area contributed by atoms with Crippen molar-refractivity contribution in [1.82, 2.24) is 9.88 Å². The van der Waals surface area contributed by atoms with Crippen LogP contribution in [0.4, 0.5) is 5.82 Å². The van der Waals surface area contributed by atoms with E-state index in [-0.39, 0.29) is 12.0 Å². The largest absolute Gasteiger partial charge is 0.491 e. The second-order valence-electron chi connectivity index (χ2n) is 8.53. The van der Waals surface area contributed by atoms with Crippen LogP contribution < -0.4 is 15.1 Å². The van der Waals surface area contributed by atoms with E-state index >= 15 is 0 Å². The highest BCUT2D eigenvalue weighted by atomic mass is 16.5. The summed E-state index contributed by atoms with van der Waals surface area (Å²) in [5.74, 6) is 1.56. The van der Waals surface area contributed by atoms with Crippen LogP contribution in [-0.4, -0.2) is 60.4 Å². The van der Waals surface area contributed by atoms with E-state index in [2.05, 4.69) is 14.8 Å². The first-order valence-corrected chi connectivity index (χ1v) is 11.2. The Labute approximate surface area is 191 Å². The molecule has 33 heavy (non-hydrogen) atoms. The highest BCUT2D eigenvalue weighted by molar-refractivity contribution is 5.90. The number of piperazine rings is 1. The van der Waals surface area contributed by atoms with Gasteiger partial charge in [0, 0.05) is 45.0 Å². The van der Waals surface area contributed by atoms with Crippen LogP contribution in [0, 0.1) is 6.92 Å². The predicted octanol–water partition coefficient (Wildman–Crippen LogP) is 3.21. The Bertz CT molecular complexity index is 1310. The quantitative estimate of drug-likeness (QED) is 0.457. The Balaban J connectivity index is 1.19. The lowest BCUT2D eigenvalue weighted by atomic mass is 10.1. The van der Waals surface area contributed by atoms with Gasteiger partial charge in [0.05, 0.1) is 10.8 Å². The number of hydrogen-bond acceptors (Lipinski definition) is 7. The molecule has 1 atom stereocenters. The predicted molar refractivity (Wildman–Crippen MR) is 129 cm³/mol. The van der Waals surface area contributed by atoms with E-state index in [1.165, 1.54) is 0 Å². The fraction of sp³-hybridized carbons (Fsp3) is 0.308. The number of ether oxygens (including phenoxy) is 1. The van der Waals surface area contributed by atoms with Gasteiger partial charge in [0.1, 0.15) is 35.4 Å². The van der Waals surface area contributed by atoms with Gasteiger partial charge in [-0.15, -0.1) is 0 Å². The van der Waals surface area contributed by atoms with Gasteiger partial charge < -0.3 is 19.2 Å². The molecule has 1 fully saturated rings. The number of β-amino-alcohol motifs (C(OH)–C–C–N with tert-alkyl or cyclic N) is 1. The summed E-state index contributed by atoms with van der Waals surface area (Å²) < 4.78 is 11.8. The highest BCUT2D eigenvalue weighted by Crippen LogP contribution is 2.23. The fourth-order valence-electron chi connectivity index (χ4n) is 4.28. The average Bonchev–Trinajstić information content (AvgIpc) is 2.84. The molecule has 0 aliphatic carbocycles. The van der Waals surface area contributed by atoms with Crippen LogP contribution in [0.2, 0.25) is 0 Å². The van der Waals surface area contributed by atoms with E-state index in [0.29, 0.717) is 34.2 Å². The molecule has 1 saturated heterocycles. The van der Waals surface area contributed by atoms with Crippen molar-refractivity contribution in [1.29, 1.82) is 0 Å². The van der Waals surface area contributed by atoms with Crippen molar-refractivity contribution < 1.29 is 14.3 Å². The number of rotatable bonds is 6. The molecule has 170 valence electrons. The number of pyridine rings is 1. The standard InChI is InChI=1S/C26H27N3O4/c1-18-5-8-23-22(14-18)26(31)21-7-6-20(15-24(21)33-23)32-17-19(30)16-28-10-12-29(13-11-28)25-4-2-3-9-27-25/h2-9,14-15,19,30H,10-13,16-17H2,1H3. The van der Waals surface area contributed by atoms with Gasteiger partial charge in [0.15, 0.2) is 0 Å². The molecule has 0 bridgehead atoms. The molecule has 0 saturated carbocycles. The molecule has 7 heteroatoms. The summed E-state index contributed by atoms with van der Waals surface area (Å²) in [5, 5.41) is 11.6. The Morgan fingerprint density at radius 1 is 1.03 bits per heavy atom. The van der Waals surface area contributed by atoms with Gasteiger partial charge in [0.2, 0.25) is 5.43 Å². The Hall–Kier alpha value is -3.42. The van der Waals surface area contributed by atoms with Crippen molar-refractivity contribution in [2.75, 3.05) is 44.2 Å². The summed E-state index contributed by atoms with van der Waals surface area (Å²) in [6.07, 6.45) is 1.19. The van der Waals surface area contributed by atoms with Crippen molar-refractivity contribution >= 4 is 27.8 Å². The third kappa shape index (κ3) is 4.69. The normalized spacial score (nSPS) is 15.8. The number of nitrogens with zero attached hydrogens (tertiary/aromatic N) is 3. The number of aliphatic hydroxyl groups is 1. The summed E-state index contributed by atoms with van der Waals surface area (Å²) in [6, 6.07) is 16.7. The van der Waals surface area contributed by atoms with E-state index in [1.54, 1.807) is 18.2 Å². The maximum Gasteiger partial charge on any atom is 0.200 e. The van der Waals surface area contributed by atoms with E-state index in [9.17, 15) is 9.90 Å². The topological polar surface area (TPSA) is 79.0 Å². The van der Waals surface area contributed by atoms with Gasteiger partial charge in [0.25, 0.3) is 0 Å². The molecule has 5 rings (SSSR count). The Morgan fingerprint density at radius 2 is 1.88 bits per heavy atom. The monoisotopic (exact) mass is 445 g/mol. The number of aromatic nitrogens is 1. The second kappa shape index (κ2) is 9.21.